The molecule has 0 aromatic carbocycles. The molecule has 1 aliphatic heterocycles. The molecule has 0 spiro atoms. The highest BCUT2D eigenvalue weighted by atomic mass is 15.3. The number of aliphatic imine (C=N–C) groups is 1. The van der Waals surface area contributed by atoms with E-state index in [9.17, 15) is 0 Å². The zero-order valence-corrected chi connectivity index (χ0v) is 8.25. The molecule has 0 amide bonds. The number of piperidine rings is 1. The van der Waals surface area contributed by atoms with Crippen molar-refractivity contribution in [1.29, 1.82) is 0 Å². The second-order valence-electron chi connectivity index (χ2n) is 3.77. The summed E-state index contributed by atoms with van der Waals surface area (Å²) < 4.78 is 0. The van der Waals surface area contributed by atoms with Gasteiger partial charge in [-0.05, 0) is 25.7 Å². The monoisotopic (exact) mass is 169 g/mol. The van der Waals surface area contributed by atoms with Gasteiger partial charge in [0.15, 0.2) is 5.96 Å². The number of hydrogen-bond acceptors (Lipinski definition) is 1. The minimum atomic E-state index is 0.560. The quantitative estimate of drug-likeness (QED) is 0.435. The van der Waals surface area contributed by atoms with Crippen molar-refractivity contribution >= 4 is 5.96 Å². The summed E-state index contributed by atoms with van der Waals surface area (Å²) in [4.78, 5) is 6.22. The normalized spacial score (nSPS) is 32.2. The van der Waals surface area contributed by atoms with Gasteiger partial charge in [-0.25, -0.2) is 0 Å². The zero-order valence-electron chi connectivity index (χ0n) is 8.25. The summed E-state index contributed by atoms with van der Waals surface area (Å²) in [6.07, 6.45) is 2.55. The van der Waals surface area contributed by atoms with Crippen LogP contribution in [0.15, 0.2) is 4.99 Å². The fraction of sp³-hybridized carbons (Fsp3) is 0.889. The van der Waals surface area contributed by atoms with Gasteiger partial charge in [-0.1, -0.05) is 6.92 Å². The van der Waals surface area contributed by atoms with Gasteiger partial charge in [0, 0.05) is 19.6 Å². The van der Waals surface area contributed by atoms with Gasteiger partial charge in [0.1, 0.15) is 0 Å². The van der Waals surface area contributed by atoms with E-state index in [1.54, 1.807) is 7.05 Å². The van der Waals surface area contributed by atoms with Crippen LogP contribution in [0.4, 0.5) is 0 Å². The van der Waals surface area contributed by atoms with E-state index in [0.29, 0.717) is 12.0 Å². The van der Waals surface area contributed by atoms with Crippen molar-refractivity contribution in [3.63, 3.8) is 0 Å². The van der Waals surface area contributed by atoms with Crippen LogP contribution in [0.2, 0.25) is 0 Å². The van der Waals surface area contributed by atoms with Crippen LogP contribution in [0.5, 0.6) is 0 Å². The average Bonchev–Trinajstić information content (AvgIpc) is 2.08. The Balaban J connectivity index is 2.60. The Kier molecular flexibility index (Phi) is 2.95. The van der Waals surface area contributed by atoms with Gasteiger partial charge < -0.3 is 10.6 Å². The van der Waals surface area contributed by atoms with Crippen LogP contribution in [0.3, 0.4) is 0 Å². The van der Waals surface area contributed by atoms with E-state index in [-0.39, 0.29) is 0 Å². The molecule has 0 saturated carbocycles. The molecule has 3 nitrogen and oxygen atoms in total. The maximum absolute atomic E-state index is 5.78. The molecule has 0 aromatic rings. The van der Waals surface area contributed by atoms with E-state index >= 15 is 0 Å². The Bertz CT molecular complexity index is 177. The number of nitrogens with zero attached hydrogens (tertiary/aromatic N) is 2. The van der Waals surface area contributed by atoms with E-state index in [2.05, 4.69) is 23.7 Å². The third-order valence-corrected chi connectivity index (χ3v) is 2.64. The molecule has 2 unspecified atom stereocenters. The first-order valence-electron chi connectivity index (χ1n) is 4.64. The molecule has 1 rings (SSSR count). The minimum Gasteiger partial charge on any atom is -0.370 e. The maximum Gasteiger partial charge on any atom is 0.191 e. The second kappa shape index (κ2) is 3.78. The van der Waals surface area contributed by atoms with Crippen LogP contribution in [0.1, 0.15) is 26.7 Å². The lowest BCUT2D eigenvalue weighted by Crippen LogP contribution is -2.48. The molecule has 1 fully saturated rings. The van der Waals surface area contributed by atoms with Gasteiger partial charge in [0.2, 0.25) is 0 Å². The van der Waals surface area contributed by atoms with Crippen LogP contribution < -0.4 is 5.73 Å². The zero-order chi connectivity index (χ0) is 9.14. The summed E-state index contributed by atoms with van der Waals surface area (Å²) in [5.74, 6) is 1.44. The minimum absolute atomic E-state index is 0.560. The molecule has 1 aliphatic rings. The van der Waals surface area contributed by atoms with E-state index in [1.807, 2.05) is 0 Å². The van der Waals surface area contributed by atoms with Gasteiger partial charge >= 0.3 is 0 Å². The predicted octanol–water partition coefficient (Wildman–Crippen LogP) is 1.05. The van der Waals surface area contributed by atoms with Gasteiger partial charge in [-0.15, -0.1) is 0 Å². The summed E-state index contributed by atoms with van der Waals surface area (Å²) in [7, 11) is 1.75. The third-order valence-electron chi connectivity index (χ3n) is 2.64. The lowest BCUT2D eigenvalue weighted by molar-refractivity contribution is 0.205. The van der Waals surface area contributed by atoms with Gasteiger partial charge in [-0.2, -0.15) is 0 Å². The summed E-state index contributed by atoms with van der Waals surface area (Å²) in [6, 6.07) is 0.560. The molecular weight excluding hydrogens is 150 g/mol. The number of nitrogens with two attached hydrogens (primary N) is 1. The largest absolute Gasteiger partial charge is 0.370 e. The molecule has 1 saturated heterocycles. The lowest BCUT2D eigenvalue weighted by Gasteiger charge is -2.37. The first-order valence-corrected chi connectivity index (χ1v) is 4.64. The van der Waals surface area contributed by atoms with Gasteiger partial charge in [0.05, 0.1) is 0 Å². The van der Waals surface area contributed by atoms with Crippen LogP contribution in [0.25, 0.3) is 0 Å². The van der Waals surface area contributed by atoms with E-state index in [1.165, 1.54) is 12.8 Å². The number of likely N-dealkylation sites (tertiary alicyclic amines) is 1. The van der Waals surface area contributed by atoms with Crippen molar-refractivity contribution in [2.24, 2.45) is 16.6 Å². The molecule has 3 heteroatoms. The average molecular weight is 169 g/mol. The van der Waals surface area contributed by atoms with Crippen molar-refractivity contribution < 1.29 is 0 Å². The first kappa shape index (κ1) is 9.36. The third kappa shape index (κ3) is 1.90. The van der Waals surface area contributed by atoms with Crippen LogP contribution in [-0.2, 0) is 0 Å². The maximum atomic E-state index is 5.78. The molecule has 1 heterocycles. The molecule has 70 valence electrons. The van der Waals surface area contributed by atoms with Crippen molar-refractivity contribution in [1.82, 2.24) is 4.90 Å². The fourth-order valence-corrected chi connectivity index (χ4v) is 1.74. The van der Waals surface area contributed by atoms with Crippen LogP contribution in [-0.4, -0.2) is 30.5 Å². The fourth-order valence-electron chi connectivity index (χ4n) is 1.74. The van der Waals surface area contributed by atoms with Crippen molar-refractivity contribution in [3.8, 4) is 0 Å². The summed E-state index contributed by atoms with van der Waals surface area (Å²) in [6.45, 7) is 5.54. The molecule has 0 radical (unpaired) electrons. The van der Waals surface area contributed by atoms with Crippen molar-refractivity contribution in [3.05, 3.63) is 0 Å². The van der Waals surface area contributed by atoms with Crippen molar-refractivity contribution in [2.75, 3.05) is 13.6 Å². The Morgan fingerprint density at radius 3 is 2.67 bits per heavy atom. The number of guanidine groups is 1. The lowest BCUT2D eigenvalue weighted by atomic mass is 9.95. The standard InChI is InChI=1S/C9H19N3/c1-7-4-5-8(2)12(6-7)9(10)11-3/h7-8H,4-6H2,1-3H3,(H2,10,11). The summed E-state index contributed by atoms with van der Waals surface area (Å²) >= 11 is 0. The molecule has 0 aromatic heterocycles. The highest BCUT2D eigenvalue weighted by molar-refractivity contribution is 5.78. The van der Waals surface area contributed by atoms with E-state index < -0.39 is 0 Å². The number of hydrogen-bond donors (Lipinski definition) is 1. The van der Waals surface area contributed by atoms with Crippen molar-refractivity contribution in [2.45, 2.75) is 32.7 Å². The highest BCUT2D eigenvalue weighted by Crippen LogP contribution is 2.20. The van der Waals surface area contributed by atoms with Crippen LogP contribution in [0, 0.1) is 5.92 Å². The molecule has 2 atom stereocenters. The summed E-state index contributed by atoms with van der Waals surface area (Å²) in [5.41, 5.74) is 5.78. The number of rotatable bonds is 0. The molecule has 0 bridgehead atoms. The molecule has 0 aliphatic carbocycles. The Morgan fingerprint density at radius 1 is 1.42 bits per heavy atom. The van der Waals surface area contributed by atoms with Crippen LogP contribution >= 0.6 is 0 Å². The second-order valence-corrected chi connectivity index (χ2v) is 3.77. The van der Waals surface area contributed by atoms with E-state index in [4.69, 9.17) is 5.73 Å². The molecular formula is C9H19N3. The van der Waals surface area contributed by atoms with E-state index in [0.717, 1.165) is 12.5 Å². The Morgan fingerprint density at radius 2 is 2.08 bits per heavy atom. The summed E-state index contributed by atoms with van der Waals surface area (Å²) in [5, 5.41) is 0. The van der Waals surface area contributed by atoms with Gasteiger partial charge in [0.25, 0.3) is 0 Å². The predicted molar refractivity (Wildman–Crippen MR) is 52.1 cm³/mol. The smallest absolute Gasteiger partial charge is 0.191 e. The topological polar surface area (TPSA) is 41.6 Å². The molecule has 12 heavy (non-hydrogen) atoms. The Labute approximate surface area is 74.6 Å². The van der Waals surface area contributed by atoms with Gasteiger partial charge in [-0.3, -0.25) is 4.99 Å². The SMILES string of the molecule is CN=C(N)N1CC(C)CCC1C. The highest BCUT2D eigenvalue weighted by Gasteiger charge is 2.23. The molecule has 2 N–H and O–H groups in total. The first-order chi connectivity index (χ1) is 5.65. The Hall–Kier alpha value is -0.730.